The molecule has 1 aromatic carbocycles. The van der Waals surface area contributed by atoms with E-state index in [-0.39, 0.29) is 24.7 Å². The van der Waals surface area contributed by atoms with Crippen LogP contribution in [0.5, 0.6) is 0 Å². The maximum Gasteiger partial charge on any atom is 0.227 e. The quantitative estimate of drug-likeness (QED) is 0.881. The van der Waals surface area contributed by atoms with Crippen LogP contribution in [-0.4, -0.2) is 22.6 Å². The van der Waals surface area contributed by atoms with E-state index < -0.39 is 0 Å². The summed E-state index contributed by atoms with van der Waals surface area (Å²) in [4.78, 5) is 11.4. The van der Waals surface area contributed by atoms with Crippen LogP contribution in [0, 0.1) is 0 Å². The third-order valence-corrected chi connectivity index (χ3v) is 3.40. The normalized spacial score (nSPS) is 9.90. The first-order chi connectivity index (χ1) is 9.17. The Hall–Kier alpha value is -1.21. The van der Waals surface area contributed by atoms with Crippen LogP contribution in [0.3, 0.4) is 0 Å². The highest BCUT2D eigenvalue weighted by Crippen LogP contribution is 2.20. The van der Waals surface area contributed by atoms with E-state index in [0.29, 0.717) is 23.1 Å². The number of hydrogen-bond donors (Lipinski definition) is 2. The predicted molar refractivity (Wildman–Crippen MR) is 83.7 cm³/mol. The zero-order chi connectivity index (χ0) is 13.7. The van der Waals surface area contributed by atoms with E-state index in [9.17, 15) is 4.79 Å². The van der Waals surface area contributed by atoms with E-state index >= 15 is 0 Å². The van der Waals surface area contributed by atoms with Crippen molar-refractivity contribution in [3.63, 3.8) is 0 Å². The molecule has 0 atom stereocenters. The molecule has 2 aromatic rings. The molecule has 0 bridgehead atoms. The van der Waals surface area contributed by atoms with Crippen LogP contribution in [-0.2, 0) is 11.2 Å². The fraction of sp³-hybridized carbons (Fsp3) is 0.250. The second kappa shape index (κ2) is 8.16. The fourth-order valence-corrected chi connectivity index (χ4v) is 2.51. The van der Waals surface area contributed by atoms with Crippen molar-refractivity contribution in [3.8, 4) is 0 Å². The van der Waals surface area contributed by atoms with Gasteiger partial charge >= 0.3 is 0 Å². The number of anilines is 1. The van der Waals surface area contributed by atoms with Gasteiger partial charge in [0.1, 0.15) is 5.01 Å². The molecule has 0 saturated heterocycles. The van der Waals surface area contributed by atoms with E-state index in [1.54, 1.807) is 0 Å². The minimum atomic E-state index is -0.145. The van der Waals surface area contributed by atoms with Crippen molar-refractivity contribution in [3.05, 3.63) is 39.9 Å². The van der Waals surface area contributed by atoms with Crippen LogP contribution >= 0.6 is 35.3 Å². The molecule has 108 valence electrons. The van der Waals surface area contributed by atoms with Crippen LogP contribution in [0.1, 0.15) is 17.0 Å². The van der Waals surface area contributed by atoms with Crippen molar-refractivity contribution in [1.29, 1.82) is 0 Å². The molecule has 3 N–H and O–H groups in total. The lowest BCUT2D eigenvalue weighted by molar-refractivity contribution is -0.116. The maximum absolute atomic E-state index is 11.4. The van der Waals surface area contributed by atoms with Gasteiger partial charge in [0.05, 0.1) is 0 Å². The average molecular weight is 333 g/mol. The Bertz CT molecular complexity index is 576. The number of carbonyl (C=O) groups is 1. The minimum absolute atomic E-state index is 0. The van der Waals surface area contributed by atoms with Gasteiger partial charge in [-0.3, -0.25) is 4.79 Å². The van der Waals surface area contributed by atoms with Crippen LogP contribution < -0.4 is 11.1 Å². The summed E-state index contributed by atoms with van der Waals surface area (Å²) in [6.07, 6.45) is 0.925. The fourth-order valence-electron chi connectivity index (χ4n) is 1.51. The molecule has 2 rings (SSSR count). The topological polar surface area (TPSA) is 80.9 Å². The van der Waals surface area contributed by atoms with E-state index in [4.69, 9.17) is 17.3 Å². The highest BCUT2D eigenvalue weighted by molar-refractivity contribution is 7.15. The van der Waals surface area contributed by atoms with E-state index in [0.717, 1.165) is 10.6 Å². The van der Waals surface area contributed by atoms with E-state index in [1.165, 1.54) is 11.3 Å². The van der Waals surface area contributed by atoms with Crippen LogP contribution in [0.15, 0.2) is 24.3 Å². The van der Waals surface area contributed by atoms with Gasteiger partial charge in [-0.25, -0.2) is 0 Å². The number of hydrogen-bond acceptors (Lipinski definition) is 5. The molecule has 0 aliphatic carbocycles. The lowest BCUT2D eigenvalue weighted by atomic mass is 10.2. The lowest BCUT2D eigenvalue weighted by Crippen LogP contribution is -2.15. The summed E-state index contributed by atoms with van der Waals surface area (Å²) in [7, 11) is 0. The van der Waals surface area contributed by atoms with Crippen molar-refractivity contribution >= 4 is 46.4 Å². The number of aromatic nitrogens is 2. The number of halogens is 2. The standard InChI is InChI=1S/C12H13ClN4OS.ClH/c13-9-3-1-2-8(6-9)7-11-16-17-12(19-11)15-10(18)4-5-14;/h1-3,6H,4-5,7,14H2,(H,15,17,18);1H. The maximum atomic E-state index is 11.4. The molecule has 0 fully saturated rings. The summed E-state index contributed by atoms with van der Waals surface area (Å²) in [6, 6.07) is 7.57. The molecule has 0 aliphatic heterocycles. The Morgan fingerprint density at radius 2 is 2.20 bits per heavy atom. The molecular weight excluding hydrogens is 319 g/mol. The molecule has 5 nitrogen and oxygen atoms in total. The van der Waals surface area contributed by atoms with Crippen molar-refractivity contribution in [2.75, 3.05) is 11.9 Å². The van der Waals surface area contributed by atoms with Crippen LogP contribution in [0.25, 0.3) is 0 Å². The smallest absolute Gasteiger partial charge is 0.227 e. The zero-order valence-electron chi connectivity index (χ0n) is 10.5. The predicted octanol–water partition coefficient (Wildman–Crippen LogP) is 2.49. The van der Waals surface area contributed by atoms with Crippen LogP contribution in [0.4, 0.5) is 5.13 Å². The molecule has 1 amide bonds. The summed E-state index contributed by atoms with van der Waals surface area (Å²) in [5.74, 6) is -0.145. The first-order valence-corrected chi connectivity index (χ1v) is 6.93. The van der Waals surface area contributed by atoms with Gasteiger partial charge in [0, 0.05) is 24.4 Å². The van der Waals surface area contributed by atoms with E-state index in [2.05, 4.69) is 15.5 Å². The second-order valence-corrected chi connectivity index (χ2v) is 5.39. The summed E-state index contributed by atoms with van der Waals surface area (Å²) in [5.41, 5.74) is 6.36. The number of amides is 1. The highest BCUT2D eigenvalue weighted by atomic mass is 35.5. The number of carbonyl (C=O) groups excluding carboxylic acids is 1. The van der Waals surface area contributed by atoms with Gasteiger partial charge in [0.2, 0.25) is 11.0 Å². The Labute approximate surface area is 132 Å². The molecule has 20 heavy (non-hydrogen) atoms. The van der Waals surface area contributed by atoms with Gasteiger partial charge in [-0.05, 0) is 17.7 Å². The first-order valence-electron chi connectivity index (χ1n) is 5.74. The molecule has 0 aliphatic rings. The van der Waals surface area contributed by atoms with Gasteiger partial charge in [0.15, 0.2) is 0 Å². The molecule has 1 aromatic heterocycles. The summed E-state index contributed by atoms with van der Waals surface area (Å²) in [6.45, 7) is 0.319. The largest absolute Gasteiger partial charge is 0.330 e. The van der Waals surface area contributed by atoms with Gasteiger partial charge in [-0.2, -0.15) is 0 Å². The molecule has 0 spiro atoms. The number of nitrogens with two attached hydrogens (primary N) is 1. The van der Waals surface area contributed by atoms with Gasteiger partial charge < -0.3 is 11.1 Å². The summed E-state index contributed by atoms with van der Waals surface area (Å²) >= 11 is 7.27. The summed E-state index contributed by atoms with van der Waals surface area (Å²) < 4.78 is 0. The van der Waals surface area contributed by atoms with Crippen molar-refractivity contribution < 1.29 is 4.79 Å². The molecule has 0 unspecified atom stereocenters. The lowest BCUT2D eigenvalue weighted by Gasteiger charge is -1.98. The summed E-state index contributed by atoms with van der Waals surface area (Å²) in [5, 5.41) is 12.6. The molecule has 1 heterocycles. The molecule has 0 radical (unpaired) electrons. The van der Waals surface area contributed by atoms with E-state index in [1.807, 2.05) is 24.3 Å². The molecule has 0 saturated carbocycles. The monoisotopic (exact) mass is 332 g/mol. The van der Waals surface area contributed by atoms with Crippen molar-refractivity contribution in [1.82, 2.24) is 10.2 Å². The Morgan fingerprint density at radius 1 is 1.40 bits per heavy atom. The SMILES string of the molecule is Cl.NCCC(=O)Nc1nnc(Cc2cccc(Cl)c2)s1. The van der Waals surface area contributed by atoms with Gasteiger partial charge in [-0.1, -0.05) is 35.1 Å². The van der Waals surface area contributed by atoms with Gasteiger partial charge in [0.25, 0.3) is 0 Å². The number of nitrogens with zero attached hydrogens (tertiary/aromatic N) is 2. The minimum Gasteiger partial charge on any atom is -0.330 e. The third-order valence-electron chi connectivity index (χ3n) is 2.33. The Kier molecular flexibility index (Phi) is 6.87. The Morgan fingerprint density at radius 3 is 2.90 bits per heavy atom. The number of rotatable bonds is 5. The molecule has 8 heteroatoms. The third kappa shape index (κ3) is 5.05. The zero-order valence-corrected chi connectivity index (χ0v) is 12.9. The van der Waals surface area contributed by atoms with Crippen molar-refractivity contribution in [2.45, 2.75) is 12.8 Å². The Balaban J connectivity index is 0.00000200. The second-order valence-electron chi connectivity index (χ2n) is 3.89. The van der Waals surface area contributed by atoms with Gasteiger partial charge in [-0.15, -0.1) is 22.6 Å². The average Bonchev–Trinajstić information content (AvgIpc) is 2.76. The first kappa shape index (κ1) is 16.8. The van der Waals surface area contributed by atoms with Crippen molar-refractivity contribution in [2.24, 2.45) is 5.73 Å². The van der Waals surface area contributed by atoms with Crippen LogP contribution in [0.2, 0.25) is 5.02 Å². The number of benzene rings is 1. The molecular formula is C12H14Cl2N4OS. The highest BCUT2D eigenvalue weighted by Gasteiger charge is 2.08. The number of nitrogens with one attached hydrogen (secondary N) is 1.